The van der Waals surface area contributed by atoms with Gasteiger partial charge in [0.05, 0.1) is 7.11 Å². The van der Waals surface area contributed by atoms with E-state index in [0.717, 1.165) is 24.6 Å². The molecular weight excluding hydrogens is 326 g/mol. The van der Waals surface area contributed by atoms with Gasteiger partial charge in [-0.15, -0.1) is 0 Å². The molecule has 1 aliphatic carbocycles. The third-order valence-corrected chi connectivity index (χ3v) is 5.67. The minimum absolute atomic E-state index is 0.397. The molecule has 21 heavy (non-hydrogen) atoms. The largest absolute Gasteiger partial charge is 0.496 e. The fourth-order valence-corrected chi connectivity index (χ4v) is 3.91. The topological polar surface area (TPSA) is 21.3 Å². The molecule has 2 rings (SSSR count). The zero-order valence-corrected chi connectivity index (χ0v) is 15.3. The highest BCUT2D eigenvalue weighted by atomic mass is 79.9. The van der Waals surface area contributed by atoms with Gasteiger partial charge < -0.3 is 10.1 Å². The van der Waals surface area contributed by atoms with Gasteiger partial charge in [-0.1, -0.05) is 42.6 Å². The van der Waals surface area contributed by atoms with Crippen molar-refractivity contribution in [2.45, 2.75) is 52.5 Å². The van der Waals surface area contributed by atoms with Gasteiger partial charge in [0.2, 0.25) is 0 Å². The Labute approximate surface area is 137 Å². The Bertz CT molecular complexity index is 475. The summed E-state index contributed by atoms with van der Waals surface area (Å²) in [5.41, 5.74) is 2.53. The van der Waals surface area contributed by atoms with Gasteiger partial charge in [0.1, 0.15) is 5.75 Å². The predicted molar refractivity (Wildman–Crippen MR) is 93.0 cm³/mol. The maximum Gasteiger partial charge on any atom is 0.123 e. The molecule has 3 unspecified atom stereocenters. The minimum Gasteiger partial charge on any atom is -0.496 e. The van der Waals surface area contributed by atoms with Gasteiger partial charge in [-0.3, -0.25) is 0 Å². The van der Waals surface area contributed by atoms with Crippen LogP contribution in [0.25, 0.3) is 0 Å². The van der Waals surface area contributed by atoms with E-state index in [4.69, 9.17) is 4.74 Å². The lowest BCUT2D eigenvalue weighted by atomic mass is 9.85. The van der Waals surface area contributed by atoms with Crippen LogP contribution in [-0.4, -0.2) is 13.7 Å². The molecule has 1 fully saturated rings. The standard InChI is InChI=1S/C18H28BrNO/c1-5-9-20-18(14-8-6-7-12(14)2)15-11-16(19)13(3)10-17(15)21-4/h10-12,14,18,20H,5-9H2,1-4H3. The first kappa shape index (κ1) is 16.8. The number of ether oxygens (including phenoxy) is 1. The van der Waals surface area contributed by atoms with Crippen LogP contribution in [-0.2, 0) is 0 Å². The molecular formula is C18H28BrNO. The zero-order chi connectivity index (χ0) is 15.4. The SMILES string of the molecule is CCCNC(c1cc(Br)c(C)cc1OC)C1CCCC1C. The number of benzene rings is 1. The summed E-state index contributed by atoms with van der Waals surface area (Å²) in [4.78, 5) is 0. The molecule has 1 N–H and O–H groups in total. The molecule has 1 aromatic carbocycles. The molecule has 0 spiro atoms. The molecule has 0 radical (unpaired) electrons. The lowest BCUT2D eigenvalue weighted by molar-refractivity contribution is 0.292. The molecule has 118 valence electrons. The first-order valence-corrected chi connectivity index (χ1v) is 8.95. The Balaban J connectivity index is 2.37. The Morgan fingerprint density at radius 2 is 2.14 bits per heavy atom. The summed E-state index contributed by atoms with van der Waals surface area (Å²) in [5.74, 6) is 2.51. The van der Waals surface area contributed by atoms with Crippen molar-refractivity contribution in [2.75, 3.05) is 13.7 Å². The second-order valence-electron chi connectivity index (χ2n) is 6.35. The molecule has 0 amide bonds. The highest BCUT2D eigenvalue weighted by Crippen LogP contribution is 2.43. The number of hydrogen-bond acceptors (Lipinski definition) is 2. The van der Waals surface area contributed by atoms with Crippen LogP contribution in [0.5, 0.6) is 5.75 Å². The maximum atomic E-state index is 5.68. The fourth-order valence-electron chi connectivity index (χ4n) is 3.55. The Morgan fingerprint density at radius 1 is 1.38 bits per heavy atom. The van der Waals surface area contributed by atoms with Gasteiger partial charge in [-0.2, -0.15) is 0 Å². The van der Waals surface area contributed by atoms with Crippen LogP contribution < -0.4 is 10.1 Å². The molecule has 3 heteroatoms. The number of hydrogen-bond donors (Lipinski definition) is 1. The van der Waals surface area contributed by atoms with Crippen molar-refractivity contribution in [1.82, 2.24) is 5.32 Å². The van der Waals surface area contributed by atoms with Crippen molar-refractivity contribution >= 4 is 15.9 Å². The van der Waals surface area contributed by atoms with E-state index in [0.29, 0.717) is 12.0 Å². The van der Waals surface area contributed by atoms with Crippen LogP contribution in [0.3, 0.4) is 0 Å². The molecule has 1 aromatic rings. The lowest BCUT2D eigenvalue weighted by Gasteiger charge is -2.30. The van der Waals surface area contributed by atoms with Crippen LogP contribution in [0, 0.1) is 18.8 Å². The number of aryl methyl sites for hydroxylation is 1. The molecule has 0 bridgehead atoms. The second-order valence-corrected chi connectivity index (χ2v) is 7.20. The average molecular weight is 354 g/mol. The maximum absolute atomic E-state index is 5.68. The van der Waals surface area contributed by atoms with E-state index in [1.54, 1.807) is 7.11 Å². The summed E-state index contributed by atoms with van der Waals surface area (Å²) in [6.07, 6.45) is 5.18. The summed E-state index contributed by atoms with van der Waals surface area (Å²) in [6.45, 7) is 7.80. The van der Waals surface area contributed by atoms with Crippen molar-refractivity contribution in [3.05, 3.63) is 27.7 Å². The van der Waals surface area contributed by atoms with E-state index >= 15 is 0 Å². The molecule has 0 aromatic heterocycles. The van der Waals surface area contributed by atoms with Crippen molar-refractivity contribution in [3.63, 3.8) is 0 Å². The molecule has 0 heterocycles. The minimum atomic E-state index is 0.397. The average Bonchev–Trinajstić information content (AvgIpc) is 2.89. The summed E-state index contributed by atoms with van der Waals surface area (Å²) in [5, 5.41) is 3.78. The van der Waals surface area contributed by atoms with E-state index in [2.05, 4.69) is 54.2 Å². The van der Waals surface area contributed by atoms with E-state index in [9.17, 15) is 0 Å². The van der Waals surface area contributed by atoms with Crippen molar-refractivity contribution in [2.24, 2.45) is 11.8 Å². The van der Waals surface area contributed by atoms with Gasteiger partial charge in [0, 0.05) is 16.1 Å². The van der Waals surface area contributed by atoms with Gasteiger partial charge in [0.15, 0.2) is 0 Å². The summed E-state index contributed by atoms with van der Waals surface area (Å²) < 4.78 is 6.85. The molecule has 1 aliphatic rings. The highest BCUT2D eigenvalue weighted by molar-refractivity contribution is 9.10. The number of methoxy groups -OCH3 is 1. The molecule has 3 atom stereocenters. The van der Waals surface area contributed by atoms with E-state index < -0.39 is 0 Å². The number of halogens is 1. The second kappa shape index (κ2) is 7.64. The fraction of sp³-hybridized carbons (Fsp3) is 0.667. The summed E-state index contributed by atoms with van der Waals surface area (Å²) >= 11 is 3.69. The third kappa shape index (κ3) is 3.81. The highest BCUT2D eigenvalue weighted by Gasteiger charge is 2.33. The number of nitrogens with one attached hydrogen (secondary N) is 1. The third-order valence-electron chi connectivity index (χ3n) is 4.82. The van der Waals surface area contributed by atoms with Crippen LogP contribution >= 0.6 is 15.9 Å². The van der Waals surface area contributed by atoms with Crippen molar-refractivity contribution in [3.8, 4) is 5.75 Å². The smallest absolute Gasteiger partial charge is 0.123 e. The van der Waals surface area contributed by atoms with Crippen LogP contribution in [0.4, 0.5) is 0 Å². The summed E-state index contributed by atoms with van der Waals surface area (Å²) in [6, 6.07) is 4.81. The van der Waals surface area contributed by atoms with Crippen LogP contribution in [0.15, 0.2) is 16.6 Å². The van der Waals surface area contributed by atoms with E-state index in [-0.39, 0.29) is 0 Å². The molecule has 0 aliphatic heterocycles. The first-order chi connectivity index (χ1) is 10.1. The first-order valence-electron chi connectivity index (χ1n) is 8.15. The normalized spacial score (nSPS) is 23.3. The van der Waals surface area contributed by atoms with Crippen LogP contribution in [0.1, 0.15) is 56.7 Å². The van der Waals surface area contributed by atoms with Crippen molar-refractivity contribution in [1.29, 1.82) is 0 Å². The van der Waals surface area contributed by atoms with Gasteiger partial charge in [-0.25, -0.2) is 0 Å². The Hall–Kier alpha value is -0.540. The lowest BCUT2D eigenvalue weighted by Crippen LogP contribution is -2.30. The quantitative estimate of drug-likeness (QED) is 0.754. The van der Waals surface area contributed by atoms with Gasteiger partial charge >= 0.3 is 0 Å². The van der Waals surface area contributed by atoms with Crippen LogP contribution in [0.2, 0.25) is 0 Å². The number of rotatable bonds is 6. The zero-order valence-electron chi connectivity index (χ0n) is 13.7. The van der Waals surface area contributed by atoms with E-state index in [1.807, 2.05) is 0 Å². The predicted octanol–water partition coefficient (Wildman–Crippen LogP) is 5.24. The Morgan fingerprint density at radius 3 is 2.71 bits per heavy atom. The van der Waals surface area contributed by atoms with Gasteiger partial charge in [0.25, 0.3) is 0 Å². The van der Waals surface area contributed by atoms with Crippen molar-refractivity contribution < 1.29 is 4.74 Å². The monoisotopic (exact) mass is 353 g/mol. The van der Waals surface area contributed by atoms with Gasteiger partial charge in [-0.05, 0) is 55.8 Å². The van der Waals surface area contributed by atoms with E-state index in [1.165, 1.54) is 34.9 Å². The molecule has 2 nitrogen and oxygen atoms in total. The Kier molecular flexibility index (Phi) is 6.12. The molecule has 0 saturated heterocycles. The summed E-state index contributed by atoms with van der Waals surface area (Å²) in [7, 11) is 1.78. The molecule has 1 saturated carbocycles.